The molecule has 0 aromatic carbocycles. The standard InChI is InChI=1S/C17H24O/c1-3-5-6-7-8-9-10-11-12-13-14-15-16-17(18)4-2/h4,10-11,17-18H,2-3,5-9,12H2,1H3. The van der Waals surface area contributed by atoms with E-state index >= 15 is 0 Å². The van der Waals surface area contributed by atoms with Gasteiger partial charge in [0.25, 0.3) is 0 Å². The second-order valence-corrected chi connectivity index (χ2v) is 4.13. The van der Waals surface area contributed by atoms with Crippen molar-refractivity contribution >= 4 is 0 Å². The molecule has 0 bridgehead atoms. The first-order chi connectivity index (χ1) is 8.81. The number of hydrogen-bond donors (Lipinski definition) is 1. The molecule has 0 aromatic rings. The zero-order valence-electron chi connectivity index (χ0n) is 11.4. The largest absolute Gasteiger partial charge is 0.377 e. The lowest BCUT2D eigenvalue weighted by molar-refractivity contribution is 0.281. The van der Waals surface area contributed by atoms with Crippen LogP contribution in [0.4, 0.5) is 0 Å². The Morgan fingerprint density at radius 3 is 2.61 bits per heavy atom. The number of aliphatic hydroxyl groups excluding tert-OH is 1. The topological polar surface area (TPSA) is 20.2 Å². The van der Waals surface area contributed by atoms with Gasteiger partial charge in [0.05, 0.1) is 0 Å². The van der Waals surface area contributed by atoms with Crippen molar-refractivity contribution in [3.8, 4) is 23.7 Å². The fourth-order valence-electron chi connectivity index (χ4n) is 1.39. The third-order valence-corrected chi connectivity index (χ3v) is 2.46. The van der Waals surface area contributed by atoms with E-state index in [1.54, 1.807) is 0 Å². The lowest BCUT2D eigenvalue weighted by Crippen LogP contribution is -1.94. The predicted molar refractivity (Wildman–Crippen MR) is 78.9 cm³/mol. The van der Waals surface area contributed by atoms with E-state index in [1.165, 1.54) is 38.2 Å². The van der Waals surface area contributed by atoms with Crippen LogP contribution in [0.25, 0.3) is 0 Å². The Kier molecular flexibility index (Phi) is 12.5. The highest BCUT2D eigenvalue weighted by Crippen LogP contribution is 2.05. The molecule has 0 aliphatic carbocycles. The summed E-state index contributed by atoms with van der Waals surface area (Å²) in [4.78, 5) is 0. The Hall–Kier alpha value is -1.44. The molecule has 0 fully saturated rings. The quantitative estimate of drug-likeness (QED) is 0.391. The van der Waals surface area contributed by atoms with E-state index in [1.807, 2.05) is 0 Å². The van der Waals surface area contributed by atoms with Crippen molar-refractivity contribution in [2.45, 2.75) is 58.0 Å². The van der Waals surface area contributed by atoms with Crippen LogP contribution in [0.1, 0.15) is 51.9 Å². The van der Waals surface area contributed by atoms with E-state index in [0.29, 0.717) is 0 Å². The second kappa shape index (κ2) is 13.6. The van der Waals surface area contributed by atoms with Crippen LogP contribution in [0.5, 0.6) is 0 Å². The van der Waals surface area contributed by atoms with E-state index in [2.05, 4.69) is 49.3 Å². The predicted octanol–water partition coefficient (Wildman–Crippen LogP) is 3.85. The third-order valence-electron chi connectivity index (χ3n) is 2.46. The number of aliphatic hydroxyl groups is 1. The first kappa shape index (κ1) is 16.6. The molecule has 1 nitrogen and oxygen atoms in total. The summed E-state index contributed by atoms with van der Waals surface area (Å²) in [6.07, 6.45) is 13.4. The molecular weight excluding hydrogens is 220 g/mol. The average molecular weight is 244 g/mol. The van der Waals surface area contributed by atoms with Crippen molar-refractivity contribution in [2.75, 3.05) is 0 Å². The molecular formula is C17H24O. The molecule has 0 radical (unpaired) electrons. The van der Waals surface area contributed by atoms with E-state index in [0.717, 1.165) is 12.8 Å². The zero-order chi connectivity index (χ0) is 13.5. The van der Waals surface area contributed by atoms with Crippen LogP contribution in [-0.4, -0.2) is 11.2 Å². The lowest BCUT2D eigenvalue weighted by Gasteiger charge is -1.95. The molecule has 1 N–H and O–H groups in total. The molecule has 0 aliphatic rings. The van der Waals surface area contributed by atoms with Crippen LogP contribution < -0.4 is 0 Å². The van der Waals surface area contributed by atoms with E-state index < -0.39 is 6.10 Å². The minimum Gasteiger partial charge on any atom is -0.377 e. The van der Waals surface area contributed by atoms with Crippen LogP contribution in [0.15, 0.2) is 24.8 Å². The summed E-state index contributed by atoms with van der Waals surface area (Å²) in [6.45, 7) is 5.66. The number of rotatable bonds is 8. The molecule has 0 saturated heterocycles. The molecule has 1 heteroatoms. The average Bonchev–Trinajstić information content (AvgIpc) is 2.39. The Bertz CT molecular complexity index is 343. The van der Waals surface area contributed by atoms with E-state index in [9.17, 15) is 0 Å². The summed E-state index contributed by atoms with van der Waals surface area (Å²) in [5.74, 6) is 10.8. The highest BCUT2D eigenvalue weighted by Gasteiger charge is 1.86. The summed E-state index contributed by atoms with van der Waals surface area (Å²) in [5.41, 5.74) is 0. The van der Waals surface area contributed by atoms with Crippen molar-refractivity contribution < 1.29 is 5.11 Å². The minimum absolute atomic E-state index is 0.730. The van der Waals surface area contributed by atoms with Gasteiger partial charge < -0.3 is 5.11 Å². The van der Waals surface area contributed by atoms with Gasteiger partial charge in [0.15, 0.2) is 0 Å². The Labute approximate surface area is 112 Å². The Morgan fingerprint density at radius 2 is 1.89 bits per heavy atom. The Morgan fingerprint density at radius 1 is 1.11 bits per heavy atom. The molecule has 1 unspecified atom stereocenters. The van der Waals surface area contributed by atoms with Gasteiger partial charge in [-0.1, -0.05) is 69.3 Å². The summed E-state index contributed by atoms with van der Waals surface area (Å²) in [6, 6.07) is 0. The van der Waals surface area contributed by atoms with Crippen molar-refractivity contribution in [3.05, 3.63) is 24.8 Å². The molecule has 0 aliphatic heterocycles. The van der Waals surface area contributed by atoms with Crippen LogP contribution in [0.2, 0.25) is 0 Å². The number of unbranched alkanes of at least 4 members (excludes halogenated alkanes) is 5. The molecule has 0 aromatic heterocycles. The van der Waals surface area contributed by atoms with Crippen LogP contribution in [0, 0.1) is 23.7 Å². The summed E-state index contributed by atoms with van der Waals surface area (Å²) in [5, 5.41) is 9.05. The van der Waals surface area contributed by atoms with Crippen LogP contribution in [0.3, 0.4) is 0 Å². The van der Waals surface area contributed by atoms with Gasteiger partial charge in [-0.15, -0.1) is 0 Å². The van der Waals surface area contributed by atoms with Gasteiger partial charge in [-0.05, 0) is 24.7 Å². The summed E-state index contributed by atoms with van der Waals surface area (Å²) in [7, 11) is 0. The fourth-order valence-corrected chi connectivity index (χ4v) is 1.39. The molecule has 0 spiro atoms. The van der Waals surface area contributed by atoms with Gasteiger partial charge in [-0.25, -0.2) is 0 Å². The van der Waals surface area contributed by atoms with Crippen molar-refractivity contribution in [3.63, 3.8) is 0 Å². The summed E-state index contributed by atoms with van der Waals surface area (Å²) < 4.78 is 0. The SMILES string of the molecule is C=CC(O)C#CC#CCC=CCCCCCCC. The van der Waals surface area contributed by atoms with Crippen LogP contribution >= 0.6 is 0 Å². The van der Waals surface area contributed by atoms with Crippen molar-refractivity contribution in [2.24, 2.45) is 0 Å². The maximum Gasteiger partial charge on any atom is 0.134 e. The highest BCUT2D eigenvalue weighted by atomic mass is 16.3. The lowest BCUT2D eigenvalue weighted by atomic mass is 10.1. The number of allylic oxidation sites excluding steroid dienone is 2. The minimum atomic E-state index is -0.766. The smallest absolute Gasteiger partial charge is 0.134 e. The molecule has 0 saturated carbocycles. The maximum atomic E-state index is 9.05. The number of hydrogen-bond acceptors (Lipinski definition) is 1. The first-order valence-electron chi connectivity index (χ1n) is 6.75. The van der Waals surface area contributed by atoms with Crippen LogP contribution in [-0.2, 0) is 0 Å². The van der Waals surface area contributed by atoms with Gasteiger partial charge in [0, 0.05) is 6.42 Å². The molecule has 0 amide bonds. The normalized spacial score (nSPS) is 11.2. The molecule has 0 rings (SSSR count). The zero-order valence-corrected chi connectivity index (χ0v) is 11.4. The maximum absolute atomic E-state index is 9.05. The van der Waals surface area contributed by atoms with Gasteiger partial charge >= 0.3 is 0 Å². The highest BCUT2D eigenvalue weighted by molar-refractivity contribution is 5.29. The van der Waals surface area contributed by atoms with Gasteiger partial charge in [0.1, 0.15) is 6.10 Å². The van der Waals surface area contributed by atoms with Gasteiger partial charge in [0.2, 0.25) is 0 Å². The monoisotopic (exact) mass is 244 g/mol. The van der Waals surface area contributed by atoms with E-state index in [-0.39, 0.29) is 0 Å². The van der Waals surface area contributed by atoms with E-state index in [4.69, 9.17) is 5.11 Å². The molecule has 18 heavy (non-hydrogen) atoms. The third kappa shape index (κ3) is 12.6. The fraction of sp³-hybridized carbons (Fsp3) is 0.529. The second-order valence-electron chi connectivity index (χ2n) is 4.13. The van der Waals surface area contributed by atoms with Gasteiger partial charge in [-0.2, -0.15) is 0 Å². The van der Waals surface area contributed by atoms with Gasteiger partial charge in [-0.3, -0.25) is 0 Å². The first-order valence-corrected chi connectivity index (χ1v) is 6.75. The van der Waals surface area contributed by atoms with Crippen molar-refractivity contribution in [1.29, 1.82) is 0 Å². The molecule has 0 heterocycles. The summed E-state index contributed by atoms with van der Waals surface area (Å²) >= 11 is 0. The molecule has 98 valence electrons. The van der Waals surface area contributed by atoms with Crippen molar-refractivity contribution in [1.82, 2.24) is 0 Å². The molecule has 1 atom stereocenters. The Balaban J connectivity index is 3.50.